The monoisotopic (exact) mass is 510 g/mol. The topological polar surface area (TPSA) is 68.5 Å². The predicted molar refractivity (Wildman–Crippen MR) is 129 cm³/mol. The Labute approximate surface area is 212 Å². The van der Waals surface area contributed by atoms with E-state index in [1.807, 2.05) is 22.7 Å². The lowest BCUT2D eigenvalue weighted by molar-refractivity contribution is -0.140. The van der Waals surface area contributed by atoms with Crippen LogP contribution in [-0.2, 0) is 14.3 Å². The highest BCUT2D eigenvalue weighted by Gasteiger charge is 2.58. The SMILES string of the molecule is O=C1N2[C@@H](CC[C@H]2c2cc(F)cc(F)c2)OC12CCN(c1ccc(OCC3CCO3)c3ccnn13)CC2. The summed E-state index contributed by atoms with van der Waals surface area (Å²) in [6, 6.07) is 9.01. The lowest BCUT2D eigenvalue weighted by atomic mass is 9.89. The van der Waals surface area contributed by atoms with Crippen molar-refractivity contribution in [3.63, 3.8) is 0 Å². The fourth-order valence-electron chi connectivity index (χ4n) is 6.18. The fourth-order valence-corrected chi connectivity index (χ4v) is 6.18. The molecule has 4 aliphatic heterocycles. The number of nitrogens with zero attached hydrogens (tertiary/aromatic N) is 4. The molecule has 0 saturated carbocycles. The maximum atomic E-state index is 13.9. The van der Waals surface area contributed by atoms with Crippen molar-refractivity contribution in [2.75, 3.05) is 31.2 Å². The maximum Gasteiger partial charge on any atom is 0.257 e. The van der Waals surface area contributed by atoms with Crippen molar-refractivity contribution in [3.8, 4) is 5.75 Å². The molecule has 0 bridgehead atoms. The molecule has 4 aliphatic rings. The molecule has 0 aliphatic carbocycles. The molecule has 194 valence electrons. The first-order chi connectivity index (χ1) is 18.0. The molecule has 3 atom stereocenters. The standard InChI is InChI=1S/C27H28F2N4O4/c28-18-13-17(14-19(29)15-18)21-1-4-25-32(21)26(34)27(37-25)7-10-31(11-8-27)24-3-2-23(22-5-9-30-33(22)24)36-16-20-6-12-35-20/h2-3,5,9,13-15,20-21,25H,1,4,6-8,10-12,16H2/t20?,21-,25+/m0/s1. The second-order valence-electron chi connectivity index (χ2n) is 10.3. The summed E-state index contributed by atoms with van der Waals surface area (Å²) in [5, 5.41) is 4.52. The van der Waals surface area contributed by atoms with E-state index in [1.54, 1.807) is 11.1 Å². The van der Waals surface area contributed by atoms with Gasteiger partial charge >= 0.3 is 0 Å². The van der Waals surface area contributed by atoms with Crippen molar-refractivity contribution in [1.29, 1.82) is 0 Å². The number of hydrogen-bond donors (Lipinski definition) is 0. The van der Waals surface area contributed by atoms with Crippen LogP contribution < -0.4 is 9.64 Å². The Bertz CT molecular complexity index is 1330. The number of aromatic nitrogens is 2. The van der Waals surface area contributed by atoms with Crippen LogP contribution in [0.15, 0.2) is 42.6 Å². The molecule has 8 nitrogen and oxygen atoms in total. The van der Waals surface area contributed by atoms with Gasteiger partial charge in [-0.15, -0.1) is 0 Å². The molecular weight excluding hydrogens is 482 g/mol. The average molecular weight is 511 g/mol. The quantitative estimate of drug-likeness (QED) is 0.520. The Morgan fingerprint density at radius 3 is 2.57 bits per heavy atom. The summed E-state index contributed by atoms with van der Waals surface area (Å²) < 4.78 is 47.5. The third kappa shape index (κ3) is 3.76. The average Bonchev–Trinajstić information content (AvgIpc) is 3.55. The van der Waals surface area contributed by atoms with Crippen molar-refractivity contribution < 1.29 is 27.8 Å². The van der Waals surface area contributed by atoms with E-state index in [2.05, 4.69) is 10.00 Å². The van der Waals surface area contributed by atoms with Crippen LogP contribution in [0.3, 0.4) is 0 Å². The van der Waals surface area contributed by atoms with Gasteiger partial charge in [-0.05, 0) is 48.7 Å². The number of piperidine rings is 1. The Morgan fingerprint density at radius 1 is 1.05 bits per heavy atom. The van der Waals surface area contributed by atoms with E-state index < -0.39 is 17.2 Å². The number of halogens is 2. The minimum atomic E-state index is -0.902. The van der Waals surface area contributed by atoms with Crippen LogP contribution in [0.1, 0.15) is 43.7 Å². The molecule has 3 aromatic rings. The second kappa shape index (κ2) is 8.66. The highest BCUT2D eigenvalue weighted by atomic mass is 19.1. The lowest BCUT2D eigenvalue weighted by Gasteiger charge is -2.38. The van der Waals surface area contributed by atoms with Crippen molar-refractivity contribution >= 4 is 17.2 Å². The van der Waals surface area contributed by atoms with Gasteiger partial charge in [0.05, 0.1) is 18.3 Å². The van der Waals surface area contributed by atoms with E-state index in [4.69, 9.17) is 14.2 Å². The van der Waals surface area contributed by atoms with Crippen molar-refractivity contribution in [2.45, 2.75) is 56.1 Å². The van der Waals surface area contributed by atoms with Gasteiger partial charge in [0.25, 0.3) is 5.91 Å². The molecule has 1 amide bonds. The van der Waals surface area contributed by atoms with Crippen LogP contribution in [-0.4, -0.2) is 64.7 Å². The number of benzene rings is 1. The zero-order chi connectivity index (χ0) is 25.1. The summed E-state index contributed by atoms with van der Waals surface area (Å²) in [6.45, 7) is 2.56. The minimum absolute atomic E-state index is 0.0736. The largest absolute Gasteiger partial charge is 0.489 e. The van der Waals surface area contributed by atoms with Gasteiger partial charge in [-0.2, -0.15) is 5.10 Å². The number of amides is 1. The van der Waals surface area contributed by atoms with Gasteiger partial charge in [-0.3, -0.25) is 4.79 Å². The zero-order valence-electron chi connectivity index (χ0n) is 20.3. The van der Waals surface area contributed by atoms with Crippen molar-refractivity contribution in [1.82, 2.24) is 14.5 Å². The molecule has 7 rings (SSSR count). The Balaban J connectivity index is 1.07. The number of hydrogen-bond acceptors (Lipinski definition) is 6. The third-order valence-electron chi connectivity index (χ3n) is 8.20. The highest BCUT2D eigenvalue weighted by molar-refractivity contribution is 5.88. The number of ether oxygens (including phenoxy) is 3. The number of fused-ring (bicyclic) bond motifs is 2. The summed E-state index contributed by atoms with van der Waals surface area (Å²) in [6.07, 6.45) is 4.91. The molecule has 4 saturated heterocycles. The highest BCUT2D eigenvalue weighted by Crippen LogP contribution is 2.48. The number of carbonyl (C=O) groups excluding carboxylic acids is 1. The number of carbonyl (C=O) groups is 1. The second-order valence-corrected chi connectivity index (χ2v) is 10.3. The molecule has 37 heavy (non-hydrogen) atoms. The Hall–Kier alpha value is -3.24. The van der Waals surface area contributed by atoms with E-state index in [1.165, 1.54) is 12.1 Å². The van der Waals surface area contributed by atoms with Gasteiger partial charge in [-0.25, -0.2) is 13.3 Å². The lowest BCUT2D eigenvalue weighted by Crippen LogP contribution is -2.50. The molecule has 1 aromatic carbocycles. The van der Waals surface area contributed by atoms with Crippen LogP contribution in [0.2, 0.25) is 0 Å². The molecular formula is C27H28F2N4O4. The first kappa shape index (κ1) is 22.9. The number of anilines is 1. The van der Waals surface area contributed by atoms with Crippen LogP contribution in [0.5, 0.6) is 5.75 Å². The van der Waals surface area contributed by atoms with E-state index >= 15 is 0 Å². The molecule has 2 aromatic heterocycles. The van der Waals surface area contributed by atoms with Gasteiger partial charge in [0, 0.05) is 45.0 Å². The first-order valence-corrected chi connectivity index (χ1v) is 12.9. The smallest absolute Gasteiger partial charge is 0.257 e. The molecule has 0 N–H and O–H groups in total. The molecule has 0 radical (unpaired) electrons. The summed E-state index contributed by atoms with van der Waals surface area (Å²) >= 11 is 0. The van der Waals surface area contributed by atoms with Gasteiger partial charge in [-0.1, -0.05) is 0 Å². The predicted octanol–water partition coefficient (Wildman–Crippen LogP) is 3.84. The van der Waals surface area contributed by atoms with Crippen LogP contribution in [0.25, 0.3) is 5.52 Å². The van der Waals surface area contributed by atoms with E-state index in [9.17, 15) is 13.6 Å². The molecule has 1 unspecified atom stereocenters. The molecule has 6 heterocycles. The molecule has 1 spiro atoms. The minimum Gasteiger partial charge on any atom is -0.489 e. The van der Waals surface area contributed by atoms with E-state index in [0.29, 0.717) is 50.9 Å². The van der Waals surface area contributed by atoms with Crippen LogP contribution >= 0.6 is 0 Å². The zero-order valence-corrected chi connectivity index (χ0v) is 20.3. The van der Waals surface area contributed by atoms with Gasteiger partial charge in [0.1, 0.15) is 41.6 Å². The Morgan fingerprint density at radius 2 is 1.84 bits per heavy atom. The first-order valence-electron chi connectivity index (χ1n) is 12.9. The van der Waals surface area contributed by atoms with Crippen LogP contribution in [0, 0.1) is 11.6 Å². The van der Waals surface area contributed by atoms with E-state index in [0.717, 1.165) is 36.2 Å². The molecule has 10 heteroatoms. The maximum absolute atomic E-state index is 13.9. The van der Waals surface area contributed by atoms with Crippen molar-refractivity contribution in [2.24, 2.45) is 0 Å². The summed E-state index contributed by atoms with van der Waals surface area (Å²) in [4.78, 5) is 17.6. The summed E-state index contributed by atoms with van der Waals surface area (Å²) in [5.41, 5.74) is 0.468. The molecule has 4 fully saturated rings. The van der Waals surface area contributed by atoms with Gasteiger partial charge < -0.3 is 24.0 Å². The number of pyridine rings is 1. The van der Waals surface area contributed by atoms with Crippen LogP contribution in [0.4, 0.5) is 14.6 Å². The van der Waals surface area contributed by atoms with Gasteiger partial charge in [0.2, 0.25) is 0 Å². The number of rotatable bonds is 5. The van der Waals surface area contributed by atoms with Gasteiger partial charge in [0.15, 0.2) is 5.60 Å². The normalized spacial score (nSPS) is 26.6. The summed E-state index contributed by atoms with van der Waals surface area (Å²) in [7, 11) is 0. The third-order valence-corrected chi connectivity index (χ3v) is 8.20. The van der Waals surface area contributed by atoms with E-state index in [-0.39, 0.29) is 24.3 Å². The Kier molecular flexibility index (Phi) is 5.37. The van der Waals surface area contributed by atoms with Crippen molar-refractivity contribution in [3.05, 3.63) is 59.8 Å². The fraction of sp³-hybridized carbons (Fsp3) is 0.481. The summed E-state index contributed by atoms with van der Waals surface area (Å²) in [5.74, 6) is 0.357.